The number of rotatable bonds is 16. The standard InChI is InChI=1S/C26H34O2S2/c1-3-5-7-9-11-13-17-27-23-21-15-19-30-26(21)24(22-16-20-29-25(22)23)28-18-14-12-10-8-6-4-2/h3-4,15-16,19-20H,1-2,5-14,17-18H2. The first-order chi connectivity index (χ1) is 14.9. The first kappa shape index (κ1) is 22.9. The predicted octanol–water partition coefficient (Wildman–Crippen LogP) is 9.15. The Bertz CT molecular complexity index is 799. The SMILES string of the molecule is C=CCCCCCCOc1c2ccsc2c(OCCCCCCC=C)c2ccsc12. The van der Waals surface area contributed by atoms with Crippen LogP contribution in [0.3, 0.4) is 0 Å². The molecule has 0 spiro atoms. The molecule has 2 aromatic heterocycles. The molecule has 0 radical (unpaired) electrons. The van der Waals surface area contributed by atoms with Gasteiger partial charge in [0.15, 0.2) is 0 Å². The summed E-state index contributed by atoms with van der Waals surface area (Å²) in [5.41, 5.74) is 0. The number of fused-ring (bicyclic) bond motifs is 2. The molecule has 0 amide bonds. The highest BCUT2D eigenvalue weighted by Gasteiger charge is 2.18. The zero-order chi connectivity index (χ0) is 21.0. The van der Waals surface area contributed by atoms with Crippen molar-refractivity contribution in [2.75, 3.05) is 13.2 Å². The average molecular weight is 443 g/mol. The first-order valence-electron chi connectivity index (χ1n) is 11.2. The number of unbranched alkanes of at least 4 members (excludes halogenated alkanes) is 8. The third-order valence-corrected chi connectivity index (χ3v) is 7.16. The maximum Gasteiger partial charge on any atom is 0.146 e. The summed E-state index contributed by atoms with van der Waals surface area (Å²) in [7, 11) is 0. The Morgan fingerprint density at radius 3 is 1.50 bits per heavy atom. The number of thiophene rings is 2. The minimum Gasteiger partial charge on any atom is -0.491 e. The van der Waals surface area contributed by atoms with Crippen LogP contribution in [0.25, 0.3) is 20.2 Å². The molecule has 3 rings (SSSR count). The van der Waals surface area contributed by atoms with E-state index in [0.29, 0.717) is 0 Å². The van der Waals surface area contributed by atoms with Crippen molar-refractivity contribution >= 4 is 42.8 Å². The van der Waals surface area contributed by atoms with Crippen LogP contribution in [0, 0.1) is 0 Å². The summed E-state index contributed by atoms with van der Waals surface area (Å²) < 4.78 is 15.1. The second kappa shape index (κ2) is 12.8. The molecule has 0 unspecified atom stereocenters. The highest BCUT2D eigenvalue weighted by molar-refractivity contribution is 7.19. The fourth-order valence-electron chi connectivity index (χ4n) is 3.70. The van der Waals surface area contributed by atoms with Crippen molar-refractivity contribution in [3.05, 3.63) is 48.2 Å². The van der Waals surface area contributed by atoms with Crippen molar-refractivity contribution in [3.8, 4) is 11.5 Å². The Kier molecular flexibility index (Phi) is 9.78. The van der Waals surface area contributed by atoms with Crippen LogP contribution in [0.1, 0.15) is 64.2 Å². The Morgan fingerprint density at radius 1 is 0.633 bits per heavy atom. The van der Waals surface area contributed by atoms with Crippen LogP contribution in [0.4, 0.5) is 0 Å². The molecule has 3 aromatic rings. The van der Waals surface area contributed by atoms with Crippen LogP contribution in [-0.4, -0.2) is 13.2 Å². The topological polar surface area (TPSA) is 18.5 Å². The number of hydrogen-bond acceptors (Lipinski definition) is 4. The van der Waals surface area contributed by atoms with Crippen molar-refractivity contribution in [2.45, 2.75) is 64.2 Å². The van der Waals surface area contributed by atoms with Crippen LogP contribution in [0.15, 0.2) is 48.2 Å². The number of ether oxygens (including phenoxy) is 2. The van der Waals surface area contributed by atoms with Gasteiger partial charge in [-0.05, 0) is 61.4 Å². The highest BCUT2D eigenvalue weighted by atomic mass is 32.1. The molecule has 0 bridgehead atoms. The molecule has 2 heterocycles. The number of hydrogen-bond donors (Lipinski definition) is 0. The van der Waals surface area contributed by atoms with Crippen molar-refractivity contribution < 1.29 is 9.47 Å². The molecule has 30 heavy (non-hydrogen) atoms. The molecular weight excluding hydrogens is 408 g/mol. The van der Waals surface area contributed by atoms with Gasteiger partial charge in [-0.1, -0.05) is 37.8 Å². The van der Waals surface area contributed by atoms with Gasteiger partial charge >= 0.3 is 0 Å². The molecule has 0 fully saturated rings. The van der Waals surface area contributed by atoms with Gasteiger partial charge in [-0.25, -0.2) is 0 Å². The molecule has 0 aliphatic rings. The smallest absolute Gasteiger partial charge is 0.146 e. The second-order valence-electron chi connectivity index (χ2n) is 7.67. The molecular formula is C26H34O2S2. The van der Waals surface area contributed by atoms with Gasteiger partial charge in [0.05, 0.1) is 22.6 Å². The van der Waals surface area contributed by atoms with Crippen LogP contribution >= 0.6 is 22.7 Å². The zero-order valence-corrected chi connectivity index (χ0v) is 19.6. The molecule has 1 aromatic carbocycles. The number of allylic oxidation sites excluding steroid dienone is 2. The van der Waals surface area contributed by atoms with Crippen LogP contribution in [-0.2, 0) is 0 Å². The second-order valence-corrected chi connectivity index (χ2v) is 9.50. The normalized spacial score (nSPS) is 11.2. The fourth-order valence-corrected chi connectivity index (χ4v) is 5.50. The third-order valence-electron chi connectivity index (χ3n) is 5.33. The predicted molar refractivity (Wildman–Crippen MR) is 135 cm³/mol. The lowest BCUT2D eigenvalue weighted by molar-refractivity contribution is 0.307. The van der Waals surface area contributed by atoms with Gasteiger partial charge in [-0.2, -0.15) is 0 Å². The van der Waals surface area contributed by atoms with E-state index in [4.69, 9.17) is 9.47 Å². The lowest BCUT2D eigenvalue weighted by Crippen LogP contribution is -2.00. The van der Waals surface area contributed by atoms with Crippen LogP contribution < -0.4 is 9.47 Å². The molecule has 0 saturated carbocycles. The molecule has 0 aliphatic carbocycles. The maximum atomic E-state index is 6.32. The lowest BCUT2D eigenvalue weighted by Gasteiger charge is -2.14. The maximum absolute atomic E-state index is 6.32. The first-order valence-corrected chi connectivity index (χ1v) is 13.0. The molecule has 162 valence electrons. The summed E-state index contributed by atoms with van der Waals surface area (Å²) in [5, 5.41) is 6.70. The van der Waals surface area contributed by atoms with Gasteiger partial charge in [-0.15, -0.1) is 35.8 Å². The fraction of sp³-hybridized carbons (Fsp3) is 0.462. The van der Waals surface area contributed by atoms with E-state index in [-0.39, 0.29) is 0 Å². The van der Waals surface area contributed by atoms with E-state index < -0.39 is 0 Å². The molecule has 0 atom stereocenters. The average Bonchev–Trinajstić information content (AvgIpc) is 3.43. The monoisotopic (exact) mass is 442 g/mol. The summed E-state index contributed by atoms with van der Waals surface area (Å²) in [6.07, 6.45) is 15.8. The zero-order valence-electron chi connectivity index (χ0n) is 18.0. The molecule has 0 aliphatic heterocycles. The van der Waals surface area contributed by atoms with E-state index in [1.165, 1.54) is 58.7 Å². The Hall–Kier alpha value is -1.78. The quantitative estimate of drug-likeness (QED) is 0.163. The van der Waals surface area contributed by atoms with E-state index in [2.05, 4.69) is 36.1 Å². The Morgan fingerprint density at radius 2 is 1.07 bits per heavy atom. The van der Waals surface area contributed by atoms with Crippen molar-refractivity contribution in [2.24, 2.45) is 0 Å². The van der Waals surface area contributed by atoms with Crippen molar-refractivity contribution in [3.63, 3.8) is 0 Å². The van der Waals surface area contributed by atoms with E-state index in [1.807, 2.05) is 12.2 Å². The van der Waals surface area contributed by atoms with E-state index in [0.717, 1.165) is 50.4 Å². The third kappa shape index (κ3) is 6.12. The molecule has 4 heteroatoms. The highest BCUT2D eigenvalue weighted by Crippen LogP contribution is 2.47. The lowest BCUT2D eigenvalue weighted by atomic mass is 10.1. The molecule has 0 N–H and O–H groups in total. The summed E-state index contributed by atoms with van der Waals surface area (Å²) in [6.45, 7) is 9.13. The van der Waals surface area contributed by atoms with E-state index in [1.54, 1.807) is 22.7 Å². The Balaban J connectivity index is 1.62. The number of benzene rings is 1. The van der Waals surface area contributed by atoms with Crippen LogP contribution in [0.2, 0.25) is 0 Å². The van der Waals surface area contributed by atoms with Crippen LogP contribution in [0.5, 0.6) is 11.5 Å². The summed E-state index contributed by atoms with van der Waals surface area (Å²) >= 11 is 3.51. The van der Waals surface area contributed by atoms with Gasteiger partial charge in [0, 0.05) is 10.8 Å². The molecule has 0 saturated heterocycles. The summed E-state index contributed by atoms with van der Waals surface area (Å²) in [5.74, 6) is 2.08. The van der Waals surface area contributed by atoms with Crippen molar-refractivity contribution in [1.82, 2.24) is 0 Å². The van der Waals surface area contributed by atoms with E-state index in [9.17, 15) is 0 Å². The minimum absolute atomic E-state index is 0.775. The minimum atomic E-state index is 0.775. The van der Waals surface area contributed by atoms with Gasteiger partial charge in [0.2, 0.25) is 0 Å². The Labute approximate surface area is 189 Å². The van der Waals surface area contributed by atoms with E-state index >= 15 is 0 Å². The summed E-state index contributed by atoms with van der Waals surface area (Å²) in [4.78, 5) is 0. The van der Waals surface area contributed by atoms with Gasteiger partial charge in [0.1, 0.15) is 11.5 Å². The van der Waals surface area contributed by atoms with Crippen molar-refractivity contribution in [1.29, 1.82) is 0 Å². The van der Waals surface area contributed by atoms with Gasteiger partial charge in [0.25, 0.3) is 0 Å². The molecule has 2 nitrogen and oxygen atoms in total. The largest absolute Gasteiger partial charge is 0.491 e. The summed E-state index contributed by atoms with van der Waals surface area (Å²) in [6, 6.07) is 4.36. The van der Waals surface area contributed by atoms with Gasteiger partial charge in [-0.3, -0.25) is 0 Å². The van der Waals surface area contributed by atoms with Gasteiger partial charge < -0.3 is 9.47 Å².